The Balaban J connectivity index is 1.62. The van der Waals surface area contributed by atoms with Crippen LogP contribution in [-0.2, 0) is 0 Å². The van der Waals surface area contributed by atoms with Crippen LogP contribution in [0.1, 0.15) is 5.69 Å². The predicted octanol–water partition coefficient (Wildman–Crippen LogP) is 3.85. The summed E-state index contributed by atoms with van der Waals surface area (Å²) >= 11 is 1.29. The van der Waals surface area contributed by atoms with Crippen molar-refractivity contribution in [3.05, 3.63) is 60.3 Å². The zero-order valence-electron chi connectivity index (χ0n) is 14.2. The minimum absolute atomic E-state index is 0.556. The van der Waals surface area contributed by atoms with Crippen LogP contribution in [0.4, 0.5) is 10.8 Å². The maximum Gasteiger partial charge on any atom is 0.207 e. The third kappa shape index (κ3) is 3.14. The Kier molecular flexibility index (Phi) is 4.32. The molecule has 4 rings (SSSR count). The van der Waals surface area contributed by atoms with Gasteiger partial charge in [0.25, 0.3) is 0 Å². The summed E-state index contributed by atoms with van der Waals surface area (Å²) in [7, 11) is 1.64. The zero-order chi connectivity index (χ0) is 17.9. The van der Waals surface area contributed by atoms with Crippen LogP contribution in [0.15, 0.2) is 54.6 Å². The molecule has 0 bridgehead atoms. The molecule has 2 aromatic heterocycles. The molecule has 2 aromatic carbocycles. The lowest BCUT2D eigenvalue weighted by Gasteiger charge is -2.05. The predicted molar refractivity (Wildman–Crippen MR) is 101 cm³/mol. The lowest BCUT2D eigenvalue weighted by Crippen LogP contribution is -1.99. The van der Waals surface area contributed by atoms with Crippen LogP contribution < -0.4 is 10.1 Å². The molecular weight excluding hydrogens is 348 g/mol. The molecule has 0 radical (unpaired) electrons. The van der Waals surface area contributed by atoms with E-state index in [0.29, 0.717) is 16.6 Å². The summed E-state index contributed by atoms with van der Waals surface area (Å²) in [5, 5.41) is 12.5. The van der Waals surface area contributed by atoms with E-state index >= 15 is 0 Å². The van der Waals surface area contributed by atoms with Crippen molar-refractivity contribution in [2.45, 2.75) is 6.92 Å². The van der Waals surface area contributed by atoms with Crippen LogP contribution >= 0.6 is 11.5 Å². The first kappa shape index (κ1) is 16.2. The highest BCUT2D eigenvalue weighted by Gasteiger charge is 2.17. The van der Waals surface area contributed by atoms with Gasteiger partial charge in [0.15, 0.2) is 11.5 Å². The van der Waals surface area contributed by atoms with Crippen molar-refractivity contribution in [1.29, 1.82) is 0 Å². The maximum absolute atomic E-state index is 5.27. The number of anilines is 2. The van der Waals surface area contributed by atoms with E-state index in [-0.39, 0.29) is 0 Å². The highest BCUT2D eigenvalue weighted by atomic mass is 32.1. The number of rotatable bonds is 5. The van der Waals surface area contributed by atoms with E-state index in [4.69, 9.17) is 4.74 Å². The van der Waals surface area contributed by atoms with Crippen LogP contribution in [0.5, 0.6) is 5.75 Å². The molecule has 7 nitrogen and oxygen atoms in total. The second-order valence-electron chi connectivity index (χ2n) is 5.55. The van der Waals surface area contributed by atoms with Gasteiger partial charge in [-0.15, -0.1) is 5.10 Å². The van der Waals surface area contributed by atoms with Crippen molar-refractivity contribution >= 4 is 22.4 Å². The number of benzene rings is 2. The molecule has 130 valence electrons. The fourth-order valence-electron chi connectivity index (χ4n) is 2.54. The smallest absolute Gasteiger partial charge is 0.207 e. The molecule has 0 unspecified atom stereocenters. The molecule has 1 N–H and O–H groups in total. The fourth-order valence-corrected chi connectivity index (χ4v) is 3.13. The Hall–Kier alpha value is -3.26. The molecule has 0 spiro atoms. The maximum atomic E-state index is 5.27. The van der Waals surface area contributed by atoms with Gasteiger partial charge in [-0.05, 0) is 31.2 Å². The average molecular weight is 364 g/mol. The molecule has 8 heteroatoms. The van der Waals surface area contributed by atoms with Crippen molar-refractivity contribution in [3.8, 4) is 23.0 Å². The summed E-state index contributed by atoms with van der Waals surface area (Å²) < 4.78 is 11.4. The first-order valence-corrected chi connectivity index (χ1v) is 8.75. The third-order valence-corrected chi connectivity index (χ3v) is 4.49. The van der Waals surface area contributed by atoms with Crippen LogP contribution in [0, 0.1) is 6.92 Å². The van der Waals surface area contributed by atoms with Gasteiger partial charge in [-0.3, -0.25) is 0 Å². The standard InChI is InChI=1S/C18H16N6OS/c1-12-16(21-23-24(12)14-9-6-10-15(11-14)25-2)17-20-18(26-22-17)19-13-7-4-3-5-8-13/h3-11H,1-2H3,(H,19,20,22). The van der Waals surface area contributed by atoms with Gasteiger partial charge in [-0.1, -0.05) is 29.5 Å². The average Bonchev–Trinajstić information content (AvgIpc) is 3.29. The molecule has 4 aromatic rings. The van der Waals surface area contributed by atoms with Crippen LogP contribution in [0.3, 0.4) is 0 Å². The van der Waals surface area contributed by atoms with Crippen LogP contribution in [0.25, 0.3) is 17.2 Å². The summed E-state index contributed by atoms with van der Waals surface area (Å²) in [4.78, 5) is 4.53. The van der Waals surface area contributed by atoms with Crippen molar-refractivity contribution in [1.82, 2.24) is 24.4 Å². The summed E-state index contributed by atoms with van der Waals surface area (Å²) in [6, 6.07) is 17.5. The fraction of sp³-hybridized carbons (Fsp3) is 0.111. The lowest BCUT2D eigenvalue weighted by atomic mass is 10.2. The highest BCUT2D eigenvalue weighted by Crippen LogP contribution is 2.26. The topological polar surface area (TPSA) is 77.8 Å². The molecule has 0 saturated carbocycles. The Labute approximate surface area is 154 Å². The first-order valence-electron chi connectivity index (χ1n) is 7.97. The number of aromatic nitrogens is 5. The molecule has 26 heavy (non-hydrogen) atoms. The Morgan fingerprint density at radius 2 is 1.92 bits per heavy atom. The number of hydrogen-bond acceptors (Lipinski definition) is 7. The van der Waals surface area contributed by atoms with E-state index < -0.39 is 0 Å². The number of para-hydroxylation sites is 1. The normalized spacial score (nSPS) is 10.7. The Morgan fingerprint density at radius 1 is 1.08 bits per heavy atom. The van der Waals surface area contributed by atoms with E-state index in [9.17, 15) is 0 Å². The summed E-state index contributed by atoms with van der Waals surface area (Å²) in [5.74, 6) is 1.32. The number of ether oxygens (including phenoxy) is 1. The molecule has 0 saturated heterocycles. The van der Waals surface area contributed by atoms with Gasteiger partial charge in [0.05, 0.1) is 18.5 Å². The Morgan fingerprint density at radius 3 is 2.73 bits per heavy atom. The van der Waals surface area contributed by atoms with Gasteiger partial charge < -0.3 is 10.1 Å². The zero-order valence-corrected chi connectivity index (χ0v) is 15.1. The molecule has 2 heterocycles. The second-order valence-corrected chi connectivity index (χ2v) is 6.30. The van der Waals surface area contributed by atoms with Crippen LogP contribution in [0.2, 0.25) is 0 Å². The van der Waals surface area contributed by atoms with Crippen molar-refractivity contribution in [2.24, 2.45) is 0 Å². The van der Waals surface area contributed by atoms with Gasteiger partial charge >= 0.3 is 0 Å². The Bertz CT molecular complexity index is 1030. The highest BCUT2D eigenvalue weighted by molar-refractivity contribution is 7.09. The largest absolute Gasteiger partial charge is 0.497 e. The lowest BCUT2D eigenvalue weighted by molar-refractivity contribution is 0.414. The van der Waals surface area contributed by atoms with E-state index in [2.05, 4.69) is 25.0 Å². The van der Waals surface area contributed by atoms with Gasteiger partial charge in [-0.25, -0.2) is 4.68 Å². The summed E-state index contributed by atoms with van der Waals surface area (Å²) in [6.45, 7) is 1.94. The van der Waals surface area contributed by atoms with Crippen molar-refractivity contribution in [3.63, 3.8) is 0 Å². The number of hydrogen-bond donors (Lipinski definition) is 1. The quantitative estimate of drug-likeness (QED) is 0.580. The van der Waals surface area contributed by atoms with E-state index in [1.807, 2.05) is 61.5 Å². The van der Waals surface area contributed by atoms with Gasteiger partial charge in [0.1, 0.15) is 5.75 Å². The van der Waals surface area contributed by atoms with Gasteiger partial charge in [0.2, 0.25) is 5.13 Å². The molecule has 0 fully saturated rings. The van der Waals surface area contributed by atoms with Gasteiger partial charge in [-0.2, -0.15) is 9.36 Å². The van der Waals surface area contributed by atoms with Crippen molar-refractivity contribution < 1.29 is 4.74 Å². The molecule has 0 aliphatic heterocycles. The summed E-state index contributed by atoms with van der Waals surface area (Å²) in [5.41, 5.74) is 3.36. The number of methoxy groups -OCH3 is 1. The monoisotopic (exact) mass is 364 g/mol. The first-order chi connectivity index (χ1) is 12.7. The molecule has 0 atom stereocenters. The molecule has 0 amide bonds. The SMILES string of the molecule is COc1cccc(-n2nnc(-c3nsc(Nc4ccccc4)n3)c2C)c1. The second kappa shape index (κ2) is 6.93. The van der Waals surface area contributed by atoms with Crippen LogP contribution in [-0.4, -0.2) is 31.5 Å². The third-order valence-electron chi connectivity index (χ3n) is 3.86. The van der Waals surface area contributed by atoms with Crippen molar-refractivity contribution in [2.75, 3.05) is 12.4 Å². The molecule has 0 aliphatic carbocycles. The number of nitrogens with one attached hydrogen (secondary N) is 1. The minimum atomic E-state index is 0.556. The molecule has 0 aliphatic rings. The summed E-state index contributed by atoms with van der Waals surface area (Å²) in [6.07, 6.45) is 0. The number of nitrogens with zero attached hydrogens (tertiary/aromatic N) is 5. The van der Waals surface area contributed by atoms with E-state index in [0.717, 1.165) is 22.8 Å². The van der Waals surface area contributed by atoms with Gasteiger partial charge in [0, 0.05) is 23.3 Å². The molecular formula is C18H16N6OS. The van der Waals surface area contributed by atoms with E-state index in [1.165, 1.54) is 11.5 Å². The minimum Gasteiger partial charge on any atom is -0.497 e. The van der Waals surface area contributed by atoms with E-state index in [1.54, 1.807) is 11.8 Å².